The number of hydrogen-bond acceptors (Lipinski definition) is 4. The summed E-state index contributed by atoms with van der Waals surface area (Å²) in [5.74, 6) is -0.125. The van der Waals surface area contributed by atoms with E-state index in [1.807, 2.05) is 67.6 Å². The summed E-state index contributed by atoms with van der Waals surface area (Å²) in [5.41, 5.74) is 3.96. The van der Waals surface area contributed by atoms with Gasteiger partial charge >= 0.3 is 5.97 Å². The van der Waals surface area contributed by atoms with Crippen LogP contribution in [0.15, 0.2) is 78.9 Å². The second-order valence-corrected chi connectivity index (χ2v) is 7.59. The van der Waals surface area contributed by atoms with Gasteiger partial charge in [0.2, 0.25) is 5.91 Å². The first-order chi connectivity index (χ1) is 16.4. The monoisotopic (exact) mass is 457 g/mol. The van der Waals surface area contributed by atoms with Crippen LogP contribution in [0.2, 0.25) is 0 Å². The molecule has 0 fully saturated rings. The van der Waals surface area contributed by atoms with Crippen LogP contribution >= 0.6 is 0 Å². The minimum Gasteiger partial charge on any atom is -0.493 e. The van der Waals surface area contributed by atoms with E-state index in [0.29, 0.717) is 22.7 Å². The predicted octanol–water partition coefficient (Wildman–Crippen LogP) is 5.61. The molecule has 0 aliphatic rings. The van der Waals surface area contributed by atoms with Gasteiger partial charge in [-0.2, -0.15) is 0 Å². The second-order valence-electron chi connectivity index (χ2n) is 7.59. The number of hydrogen-bond donors (Lipinski definition) is 2. The molecule has 0 aromatic heterocycles. The first kappa shape index (κ1) is 24.3. The standard InChI is InChI=1S/C28H27NO5/c1-19(23-12-14-25(33-2)26(18-23)34-3)22-11-10-21(13-16-28(31)32)24(17-22)29-27(30)15-9-20-7-5-4-6-8-20/h4-19H,1-3H3,(H,29,30)(H,31,32). The summed E-state index contributed by atoms with van der Waals surface area (Å²) < 4.78 is 10.7. The molecule has 0 aliphatic carbocycles. The first-order valence-corrected chi connectivity index (χ1v) is 10.7. The number of aliphatic carboxylic acids is 1. The lowest BCUT2D eigenvalue weighted by Crippen LogP contribution is -2.10. The molecule has 0 saturated carbocycles. The third-order valence-electron chi connectivity index (χ3n) is 5.38. The van der Waals surface area contributed by atoms with Crippen LogP contribution in [0.1, 0.15) is 35.1 Å². The highest BCUT2D eigenvalue weighted by atomic mass is 16.5. The van der Waals surface area contributed by atoms with Crippen molar-refractivity contribution in [3.05, 3.63) is 101 Å². The molecule has 0 radical (unpaired) electrons. The fraction of sp³-hybridized carbons (Fsp3) is 0.143. The number of carbonyl (C=O) groups is 2. The lowest BCUT2D eigenvalue weighted by atomic mass is 9.91. The average Bonchev–Trinajstić information content (AvgIpc) is 2.86. The van der Waals surface area contributed by atoms with Crippen molar-refractivity contribution in [2.24, 2.45) is 0 Å². The topological polar surface area (TPSA) is 84.9 Å². The molecule has 1 atom stereocenters. The molecule has 3 rings (SSSR count). The van der Waals surface area contributed by atoms with Crippen LogP contribution in [0.5, 0.6) is 11.5 Å². The van der Waals surface area contributed by atoms with Gasteiger partial charge in [-0.25, -0.2) is 4.79 Å². The molecule has 6 heteroatoms. The van der Waals surface area contributed by atoms with E-state index in [4.69, 9.17) is 14.6 Å². The van der Waals surface area contributed by atoms with Gasteiger partial charge in [-0.1, -0.05) is 55.5 Å². The molecule has 34 heavy (non-hydrogen) atoms. The molecule has 1 unspecified atom stereocenters. The predicted molar refractivity (Wildman–Crippen MR) is 134 cm³/mol. The van der Waals surface area contributed by atoms with Crippen LogP contribution < -0.4 is 14.8 Å². The van der Waals surface area contributed by atoms with Gasteiger partial charge in [0.25, 0.3) is 0 Å². The number of carboxylic acids is 1. The molecule has 1 amide bonds. The molecular weight excluding hydrogens is 430 g/mol. The Morgan fingerprint density at radius 3 is 2.21 bits per heavy atom. The second kappa shape index (κ2) is 11.5. The largest absolute Gasteiger partial charge is 0.493 e. The minimum absolute atomic E-state index is 0.0205. The van der Waals surface area contributed by atoms with Crippen molar-refractivity contribution in [1.29, 1.82) is 0 Å². The molecule has 0 saturated heterocycles. The van der Waals surface area contributed by atoms with E-state index in [1.165, 1.54) is 12.2 Å². The van der Waals surface area contributed by atoms with Crippen molar-refractivity contribution >= 4 is 29.7 Å². The van der Waals surface area contributed by atoms with E-state index in [0.717, 1.165) is 22.8 Å². The molecule has 174 valence electrons. The number of carboxylic acid groups (broad SMARTS) is 1. The van der Waals surface area contributed by atoms with Crippen molar-refractivity contribution in [1.82, 2.24) is 0 Å². The SMILES string of the molecule is COc1ccc(C(C)c2ccc(C=CC(=O)O)c(NC(=O)C=Cc3ccccc3)c2)cc1OC. The molecule has 0 aliphatic heterocycles. The third kappa shape index (κ3) is 6.36. The molecule has 2 N–H and O–H groups in total. The average molecular weight is 458 g/mol. The Labute approximate surface area is 199 Å². The Balaban J connectivity index is 1.91. The maximum atomic E-state index is 12.6. The Kier molecular flexibility index (Phi) is 8.24. The van der Waals surface area contributed by atoms with Gasteiger partial charge in [-0.15, -0.1) is 0 Å². The van der Waals surface area contributed by atoms with E-state index in [-0.39, 0.29) is 11.8 Å². The van der Waals surface area contributed by atoms with E-state index in [2.05, 4.69) is 5.32 Å². The van der Waals surface area contributed by atoms with Gasteiger partial charge in [-0.05, 0) is 52.6 Å². The number of ether oxygens (including phenoxy) is 2. The van der Waals surface area contributed by atoms with Crippen molar-refractivity contribution in [2.45, 2.75) is 12.8 Å². The zero-order chi connectivity index (χ0) is 24.5. The fourth-order valence-corrected chi connectivity index (χ4v) is 3.48. The van der Waals surface area contributed by atoms with Crippen LogP contribution in [0.4, 0.5) is 5.69 Å². The highest BCUT2D eigenvalue weighted by molar-refractivity contribution is 6.03. The van der Waals surface area contributed by atoms with E-state index >= 15 is 0 Å². The van der Waals surface area contributed by atoms with Gasteiger partial charge in [-0.3, -0.25) is 4.79 Å². The van der Waals surface area contributed by atoms with E-state index in [1.54, 1.807) is 26.4 Å². The van der Waals surface area contributed by atoms with Crippen LogP contribution in [-0.4, -0.2) is 31.2 Å². The zero-order valence-corrected chi connectivity index (χ0v) is 19.3. The number of benzene rings is 3. The molecular formula is C28H27NO5. The Hall–Kier alpha value is -4.32. The van der Waals surface area contributed by atoms with E-state index in [9.17, 15) is 9.59 Å². The number of methoxy groups -OCH3 is 2. The maximum Gasteiger partial charge on any atom is 0.328 e. The van der Waals surface area contributed by atoms with Crippen LogP contribution in [0, 0.1) is 0 Å². The molecule has 3 aromatic rings. The summed E-state index contributed by atoms with van der Waals surface area (Å²) in [7, 11) is 3.18. The van der Waals surface area contributed by atoms with Gasteiger partial charge < -0.3 is 19.9 Å². The molecule has 6 nitrogen and oxygen atoms in total. The molecule has 0 spiro atoms. The van der Waals surface area contributed by atoms with Gasteiger partial charge in [0.05, 0.1) is 14.2 Å². The maximum absolute atomic E-state index is 12.6. The van der Waals surface area contributed by atoms with Crippen LogP contribution in [-0.2, 0) is 9.59 Å². The highest BCUT2D eigenvalue weighted by Gasteiger charge is 2.14. The summed E-state index contributed by atoms with van der Waals surface area (Å²) in [4.78, 5) is 23.6. The van der Waals surface area contributed by atoms with Crippen molar-refractivity contribution in [3.8, 4) is 11.5 Å². The number of anilines is 1. The zero-order valence-electron chi connectivity index (χ0n) is 19.3. The van der Waals surface area contributed by atoms with Gasteiger partial charge in [0.15, 0.2) is 11.5 Å². The van der Waals surface area contributed by atoms with Crippen molar-refractivity contribution < 1.29 is 24.2 Å². The number of amides is 1. The van der Waals surface area contributed by atoms with Crippen molar-refractivity contribution in [3.63, 3.8) is 0 Å². The van der Waals surface area contributed by atoms with Crippen LogP contribution in [0.3, 0.4) is 0 Å². The number of carbonyl (C=O) groups excluding carboxylic acids is 1. The summed E-state index contributed by atoms with van der Waals surface area (Å²) in [6.07, 6.45) is 5.68. The molecule has 0 heterocycles. The van der Waals surface area contributed by atoms with Gasteiger partial charge in [0, 0.05) is 23.8 Å². The quantitative estimate of drug-likeness (QED) is 0.408. The Bertz CT molecular complexity index is 1210. The number of rotatable bonds is 9. The summed E-state index contributed by atoms with van der Waals surface area (Å²) in [6, 6.07) is 20.8. The summed E-state index contributed by atoms with van der Waals surface area (Å²) in [5, 5.41) is 11.9. The van der Waals surface area contributed by atoms with E-state index < -0.39 is 5.97 Å². The lowest BCUT2D eigenvalue weighted by Gasteiger charge is -2.17. The minimum atomic E-state index is -1.07. The Morgan fingerprint density at radius 1 is 0.853 bits per heavy atom. The summed E-state index contributed by atoms with van der Waals surface area (Å²) in [6.45, 7) is 2.05. The highest BCUT2D eigenvalue weighted by Crippen LogP contribution is 2.34. The molecule has 0 bridgehead atoms. The van der Waals surface area contributed by atoms with Crippen molar-refractivity contribution in [2.75, 3.05) is 19.5 Å². The van der Waals surface area contributed by atoms with Crippen LogP contribution in [0.25, 0.3) is 12.2 Å². The molecule has 3 aromatic carbocycles. The smallest absolute Gasteiger partial charge is 0.328 e. The third-order valence-corrected chi connectivity index (χ3v) is 5.38. The first-order valence-electron chi connectivity index (χ1n) is 10.7. The summed E-state index contributed by atoms with van der Waals surface area (Å²) >= 11 is 0. The fourth-order valence-electron chi connectivity index (χ4n) is 3.48. The Morgan fingerprint density at radius 2 is 1.53 bits per heavy atom. The van der Waals surface area contributed by atoms with Gasteiger partial charge in [0.1, 0.15) is 0 Å². The lowest BCUT2D eigenvalue weighted by molar-refractivity contribution is -0.131. The normalized spacial score (nSPS) is 12.0. The number of nitrogens with one attached hydrogen (secondary N) is 1.